The lowest BCUT2D eigenvalue weighted by Gasteiger charge is -2.25. The molecule has 0 aromatic rings. The fourth-order valence-corrected chi connectivity index (χ4v) is 1.59. The Balaban J connectivity index is 3.91. The highest BCUT2D eigenvalue weighted by Crippen LogP contribution is 1.95. The van der Waals surface area contributed by atoms with Crippen molar-refractivity contribution in [2.75, 3.05) is 26.7 Å². The molecular formula is C11H24N2O2. The van der Waals surface area contributed by atoms with Crippen molar-refractivity contribution in [3.05, 3.63) is 0 Å². The van der Waals surface area contributed by atoms with E-state index in [1.54, 1.807) is 0 Å². The van der Waals surface area contributed by atoms with Gasteiger partial charge in [0.15, 0.2) is 0 Å². The van der Waals surface area contributed by atoms with Gasteiger partial charge in [0.1, 0.15) is 6.04 Å². The largest absolute Gasteiger partial charge is 0.468 e. The first-order valence-corrected chi connectivity index (χ1v) is 5.61. The molecule has 2 atom stereocenters. The summed E-state index contributed by atoms with van der Waals surface area (Å²) in [6.45, 7) is 11.2. The molecule has 0 amide bonds. The van der Waals surface area contributed by atoms with Crippen molar-refractivity contribution in [2.24, 2.45) is 0 Å². The molecule has 0 spiro atoms. The molecule has 15 heavy (non-hydrogen) atoms. The second-order valence-corrected chi connectivity index (χ2v) is 3.80. The van der Waals surface area contributed by atoms with Crippen molar-refractivity contribution in [2.45, 2.75) is 39.8 Å². The van der Waals surface area contributed by atoms with Crippen molar-refractivity contribution >= 4 is 5.97 Å². The molecule has 0 saturated heterocycles. The van der Waals surface area contributed by atoms with Gasteiger partial charge in [0.2, 0.25) is 0 Å². The maximum absolute atomic E-state index is 11.2. The van der Waals surface area contributed by atoms with Crippen LogP contribution in [0.15, 0.2) is 0 Å². The molecule has 0 saturated carbocycles. The topological polar surface area (TPSA) is 41.6 Å². The molecule has 4 heteroatoms. The van der Waals surface area contributed by atoms with E-state index in [1.807, 2.05) is 6.92 Å². The molecule has 90 valence electrons. The van der Waals surface area contributed by atoms with E-state index < -0.39 is 0 Å². The lowest BCUT2D eigenvalue weighted by Crippen LogP contribution is -2.46. The summed E-state index contributed by atoms with van der Waals surface area (Å²) in [5.41, 5.74) is 0. The monoisotopic (exact) mass is 216 g/mol. The van der Waals surface area contributed by atoms with E-state index in [-0.39, 0.29) is 12.0 Å². The van der Waals surface area contributed by atoms with Crippen LogP contribution in [0.4, 0.5) is 0 Å². The number of carbonyl (C=O) groups is 1. The van der Waals surface area contributed by atoms with E-state index in [2.05, 4.69) is 35.7 Å². The predicted molar refractivity (Wildman–Crippen MR) is 61.9 cm³/mol. The Labute approximate surface area is 93.0 Å². The summed E-state index contributed by atoms with van der Waals surface area (Å²) >= 11 is 0. The normalized spacial score (nSPS) is 15.1. The Morgan fingerprint density at radius 3 is 2.27 bits per heavy atom. The van der Waals surface area contributed by atoms with Gasteiger partial charge in [0, 0.05) is 12.6 Å². The van der Waals surface area contributed by atoms with Crippen molar-refractivity contribution < 1.29 is 9.53 Å². The highest BCUT2D eigenvalue weighted by atomic mass is 16.5. The minimum atomic E-state index is -0.236. The molecule has 0 aromatic carbocycles. The summed E-state index contributed by atoms with van der Waals surface area (Å²) in [4.78, 5) is 13.5. The smallest absolute Gasteiger partial charge is 0.322 e. The summed E-state index contributed by atoms with van der Waals surface area (Å²) in [6, 6.07) is 0.0552. The fourth-order valence-electron chi connectivity index (χ4n) is 1.59. The van der Waals surface area contributed by atoms with Crippen LogP contribution in [-0.4, -0.2) is 49.7 Å². The second kappa shape index (κ2) is 7.65. The molecule has 4 nitrogen and oxygen atoms in total. The predicted octanol–water partition coefficient (Wildman–Crippen LogP) is 0.868. The number of rotatable bonds is 7. The van der Waals surface area contributed by atoms with Crippen LogP contribution in [0.5, 0.6) is 0 Å². The van der Waals surface area contributed by atoms with Gasteiger partial charge in [0.25, 0.3) is 0 Å². The van der Waals surface area contributed by atoms with Gasteiger partial charge < -0.3 is 15.0 Å². The molecule has 0 aliphatic rings. The third kappa shape index (κ3) is 5.74. The number of methoxy groups -OCH3 is 1. The summed E-state index contributed by atoms with van der Waals surface area (Å²) in [5, 5.41) is 3.21. The summed E-state index contributed by atoms with van der Waals surface area (Å²) < 4.78 is 4.66. The van der Waals surface area contributed by atoms with Gasteiger partial charge in [-0.3, -0.25) is 4.79 Å². The maximum atomic E-state index is 11.2. The van der Waals surface area contributed by atoms with Crippen LogP contribution in [0.2, 0.25) is 0 Å². The highest BCUT2D eigenvalue weighted by molar-refractivity contribution is 5.75. The van der Waals surface area contributed by atoms with Crippen LogP contribution in [0, 0.1) is 0 Å². The Hall–Kier alpha value is -0.610. The van der Waals surface area contributed by atoms with Gasteiger partial charge in [-0.15, -0.1) is 0 Å². The number of likely N-dealkylation sites (N-methyl/N-ethyl adjacent to an activating group) is 1. The molecule has 0 radical (unpaired) electrons. The first-order valence-electron chi connectivity index (χ1n) is 5.61. The van der Waals surface area contributed by atoms with Gasteiger partial charge in [-0.25, -0.2) is 0 Å². The molecule has 0 aliphatic carbocycles. The van der Waals surface area contributed by atoms with E-state index in [9.17, 15) is 4.79 Å². The van der Waals surface area contributed by atoms with Crippen LogP contribution in [0.25, 0.3) is 0 Å². The van der Waals surface area contributed by atoms with Crippen molar-refractivity contribution in [1.29, 1.82) is 0 Å². The third-order valence-electron chi connectivity index (χ3n) is 2.52. The van der Waals surface area contributed by atoms with Gasteiger partial charge in [-0.05, 0) is 26.9 Å². The van der Waals surface area contributed by atoms with Gasteiger partial charge in [-0.2, -0.15) is 0 Å². The minimum Gasteiger partial charge on any atom is -0.468 e. The van der Waals surface area contributed by atoms with Crippen molar-refractivity contribution in [1.82, 2.24) is 10.2 Å². The van der Waals surface area contributed by atoms with Crippen LogP contribution in [-0.2, 0) is 9.53 Å². The van der Waals surface area contributed by atoms with E-state index >= 15 is 0 Å². The van der Waals surface area contributed by atoms with Crippen LogP contribution in [0.1, 0.15) is 27.7 Å². The Kier molecular flexibility index (Phi) is 7.34. The minimum absolute atomic E-state index is 0.207. The molecule has 0 heterocycles. The number of ether oxygens (including phenoxy) is 1. The molecule has 0 aromatic heterocycles. The lowest BCUT2D eigenvalue weighted by molar-refractivity contribution is -0.142. The van der Waals surface area contributed by atoms with E-state index in [0.717, 1.165) is 19.6 Å². The van der Waals surface area contributed by atoms with Crippen LogP contribution < -0.4 is 5.32 Å². The summed E-state index contributed by atoms with van der Waals surface area (Å²) in [6.07, 6.45) is 0. The van der Waals surface area contributed by atoms with E-state index in [0.29, 0.717) is 6.04 Å². The Bertz CT molecular complexity index is 181. The fraction of sp³-hybridized carbons (Fsp3) is 0.909. The zero-order valence-electron chi connectivity index (χ0n) is 10.5. The number of hydrogen-bond donors (Lipinski definition) is 1. The second-order valence-electron chi connectivity index (χ2n) is 3.80. The lowest BCUT2D eigenvalue weighted by atomic mass is 10.2. The zero-order chi connectivity index (χ0) is 11.8. The summed E-state index contributed by atoms with van der Waals surface area (Å²) in [5.74, 6) is -0.207. The highest BCUT2D eigenvalue weighted by Gasteiger charge is 2.16. The van der Waals surface area contributed by atoms with E-state index in [1.165, 1.54) is 7.11 Å². The molecule has 0 rings (SSSR count). The standard InChI is InChI=1S/C11H24N2O2/c1-6-13(7-2)8-9(3)12-10(4)11(14)15-5/h9-10,12H,6-8H2,1-5H3. The third-order valence-corrected chi connectivity index (χ3v) is 2.52. The first kappa shape index (κ1) is 14.4. The average molecular weight is 216 g/mol. The molecule has 0 fully saturated rings. The maximum Gasteiger partial charge on any atom is 0.322 e. The zero-order valence-corrected chi connectivity index (χ0v) is 10.5. The summed E-state index contributed by atoms with van der Waals surface area (Å²) in [7, 11) is 1.41. The van der Waals surface area contributed by atoms with E-state index in [4.69, 9.17) is 0 Å². The number of hydrogen-bond acceptors (Lipinski definition) is 4. The molecule has 2 unspecified atom stereocenters. The molecule has 0 bridgehead atoms. The number of nitrogens with zero attached hydrogens (tertiary/aromatic N) is 1. The van der Waals surface area contributed by atoms with Crippen LogP contribution >= 0.6 is 0 Å². The van der Waals surface area contributed by atoms with Crippen molar-refractivity contribution in [3.63, 3.8) is 0 Å². The molecular weight excluding hydrogens is 192 g/mol. The number of carbonyl (C=O) groups excluding carboxylic acids is 1. The SMILES string of the molecule is CCN(CC)CC(C)NC(C)C(=O)OC. The first-order chi connectivity index (χ1) is 7.04. The Morgan fingerprint density at radius 1 is 1.33 bits per heavy atom. The number of nitrogens with one attached hydrogen (secondary N) is 1. The Morgan fingerprint density at radius 2 is 1.87 bits per heavy atom. The van der Waals surface area contributed by atoms with Crippen LogP contribution in [0.3, 0.4) is 0 Å². The van der Waals surface area contributed by atoms with Gasteiger partial charge in [0.05, 0.1) is 7.11 Å². The molecule has 1 N–H and O–H groups in total. The molecule has 0 aliphatic heterocycles. The number of esters is 1. The van der Waals surface area contributed by atoms with Crippen molar-refractivity contribution in [3.8, 4) is 0 Å². The van der Waals surface area contributed by atoms with Gasteiger partial charge in [-0.1, -0.05) is 13.8 Å². The van der Waals surface area contributed by atoms with Gasteiger partial charge >= 0.3 is 5.97 Å². The quantitative estimate of drug-likeness (QED) is 0.641. The average Bonchev–Trinajstić information content (AvgIpc) is 2.24.